The summed E-state index contributed by atoms with van der Waals surface area (Å²) in [5.41, 5.74) is 5.81. The van der Waals surface area contributed by atoms with E-state index in [1.807, 2.05) is 0 Å². The largest absolute Gasteiger partial charge is 0.380 e. The van der Waals surface area contributed by atoms with E-state index in [-0.39, 0.29) is 5.92 Å². The average Bonchev–Trinajstić information content (AvgIpc) is 2.28. The number of aliphatic hydroxyl groups is 1. The number of halogens is 1. The minimum absolute atomic E-state index is 0.270. The second-order valence-corrected chi connectivity index (χ2v) is 5.50. The fourth-order valence-corrected chi connectivity index (χ4v) is 2.98. The van der Waals surface area contributed by atoms with Gasteiger partial charge < -0.3 is 10.8 Å². The van der Waals surface area contributed by atoms with Gasteiger partial charge in [-0.1, -0.05) is 0 Å². The van der Waals surface area contributed by atoms with Crippen molar-refractivity contribution in [3.63, 3.8) is 0 Å². The van der Waals surface area contributed by atoms with Gasteiger partial charge in [0.25, 0.3) is 0 Å². The predicted molar refractivity (Wildman–Crippen MR) is 67.4 cm³/mol. The molecule has 0 saturated carbocycles. The van der Waals surface area contributed by atoms with Crippen molar-refractivity contribution in [2.75, 3.05) is 0 Å². The van der Waals surface area contributed by atoms with E-state index < -0.39 is 11.5 Å². The maximum atomic E-state index is 11.4. The van der Waals surface area contributed by atoms with Gasteiger partial charge in [0.1, 0.15) is 5.60 Å². The third-order valence-electron chi connectivity index (χ3n) is 3.51. The highest BCUT2D eigenvalue weighted by atomic mass is 79.9. The number of carbonyl (C=O) groups is 1. The first kappa shape index (κ1) is 12.5. The van der Waals surface area contributed by atoms with Crippen molar-refractivity contribution in [2.45, 2.75) is 37.7 Å². The third kappa shape index (κ3) is 2.09. The summed E-state index contributed by atoms with van der Waals surface area (Å²) in [4.78, 5) is 15.5. The zero-order valence-electron chi connectivity index (χ0n) is 9.61. The van der Waals surface area contributed by atoms with Gasteiger partial charge in [0.15, 0.2) is 0 Å². The summed E-state index contributed by atoms with van der Waals surface area (Å²) in [6, 6.07) is 0. The molecule has 1 aromatic heterocycles. The fourth-order valence-electron chi connectivity index (χ4n) is 2.43. The highest BCUT2D eigenvalue weighted by Crippen LogP contribution is 2.40. The molecule has 1 aromatic rings. The van der Waals surface area contributed by atoms with Crippen LogP contribution in [-0.4, -0.2) is 21.6 Å². The Balaban J connectivity index is 2.49. The van der Waals surface area contributed by atoms with Gasteiger partial charge >= 0.3 is 0 Å². The summed E-state index contributed by atoms with van der Waals surface area (Å²) >= 11 is 3.45. The topological polar surface area (TPSA) is 76.2 Å². The van der Waals surface area contributed by atoms with Gasteiger partial charge in [-0.25, -0.2) is 0 Å². The standard InChI is InChI=1S/C12H15BrN2O2/c1-12(17,11(14)16)9-4-2-3-7-8(9)5-15-6-10(7)13/h5-6,9,17H,2-4H2,1H3,(H2,14,16). The molecule has 92 valence electrons. The van der Waals surface area contributed by atoms with Gasteiger partial charge in [0.2, 0.25) is 5.91 Å². The number of aromatic nitrogens is 1. The van der Waals surface area contributed by atoms with E-state index >= 15 is 0 Å². The van der Waals surface area contributed by atoms with E-state index in [0.29, 0.717) is 0 Å². The molecule has 3 N–H and O–H groups in total. The minimum Gasteiger partial charge on any atom is -0.380 e. The highest BCUT2D eigenvalue weighted by Gasteiger charge is 2.41. The zero-order chi connectivity index (χ0) is 12.6. The second kappa shape index (κ2) is 4.38. The highest BCUT2D eigenvalue weighted by molar-refractivity contribution is 9.10. The molecule has 0 saturated heterocycles. The predicted octanol–water partition coefficient (Wildman–Crippen LogP) is 1.50. The SMILES string of the molecule is CC(O)(C(N)=O)C1CCCc2c(Br)cncc21. The van der Waals surface area contributed by atoms with Gasteiger partial charge in [-0.05, 0) is 53.2 Å². The first-order valence-corrected chi connectivity index (χ1v) is 6.38. The lowest BCUT2D eigenvalue weighted by Crippen LogP contribution is -2.47. The first-order valence-electron chi connectivity index (χ1n) is 5.59. The summed E-state index contributed by atoms with van der Waals surface area (Å²) in [6.45, 7) is 1.48. The van der Waals surface area contributed by atoms with Gasteiger partial charge in [0.05, 0.1) is 0 Å². The van der Waals surface area contributed by atoms with Crippen LogP contribution >= 0.6 is 15.9 Å². The molecule has 1 heterocycles. The number of hydrogen-bond donors (Lipinski definition) is 2. The van der Waals surface area contributed by atoms with E-state index in [4.69, 9.17) is 5.73 Å². The number of hydrogen-bond acceptors (Lipinski definition) is 3. The molecule has 1 aliphatic carbocycles. The van der Waals surface area contributed by atoms with Gasteiger partial charge in [-0.2, -0.15) is 0 Å². The van der Waals surface area contributed by atoms with Crippen molar-refractivity contribution >= 4 is 21.8 Å². The summed E-state index contributed by atoms with van der Waals surface area (Å²) in [5.74, 6) is -0.955. The Morgan fingerprint density at radius 2 is 2.35 bits per heavy atom. The van der Waals surface area contributed by atoms with Crippen LogP contribution in [0.4, 0.5) is 0 Å². The normalized spacial score (nSPS) is 22.6. The first-order chi connectivity index (χ1) is 7.94. The van der Waals surface area contributed by atoms with Gasteiger partial charge in [-0.15, -0.1) is 0 Å². The van der Waals surface area contributed by atoms with Crippen LogP contribution < -0.4 is 5.73 Å². The van der Waals surface area contributed by atoms with Crippen LogP contribution in [0.15, 0.2) is 16.9 Å². The van der Waals surface area contributed by atoms with Crippen LogP contribution in [0, 0.1) is 0 Å². The van der Waals surface area contributed by atoms with Crippen LogP contribution in [0.1, 0.15) is 36.8 Å². The Kier molecular flexibility index (Phi) is 3.23. The molecule has 1 amide bonds. The molecule has 0 bridgehead atoms. The second-order valence-electron chi connectivity index (χ2n) is 4.65. The molecule has 0 aromatic carbocycles. The molecular formula is C12H15BrN2O2. The molecular weight excluding hydrogens is 284 g/mol. The molecule has 0 radical (unpaired) electrons. The Bertz CT molecular complexity index is 460. The van der Waals surface area contributed by atoms with Gasteiger partial charge in [0, 0.05) is 22.8 Å². The number of primary amides is 1. The quantitative estimate of drug-likeness (QED) is 0.869. The number of rotatable bonds is 2. The fraction of sp³-hybridized carbons (Fsp3) is 0.500. The van der Waals surface area contributed by atoms with E-state index in [1.165, 1.54) is 6.92 Å². The molecule has 4 nitrogen and oxygen atoms in total. The Morgan fingerprint density at radius 3 is 3.00 bits per heavy atom. The number of nitrogens with zero attached hydrogens (tertiary/aromatic N) is 1. The van der Waals surface area contributed by atoms with E-state index in [0.717, 1.165) is 34.9 Å². The van der Waals surface area contributed by atoms with Gasteiger partial charge in [-0.3, -0.25) is 9.78 Å². The van der Waals surface area contributed by atoms with E-state index in [9.17, 15) is 9.90 Å². The van der Waals surface area contributed by atoms with Crippen molar-refractivity contribution in [1.29, 1.82) is 0 Å². The number of pyridine rings is 1. The van der Waals surface area contributed by atoms with E-state index in [2.05, 4.69) is 20.9 Å². The molecule has 0 fully saturated rings. The van der Waals surface area contributed by atoms with Crippen molar-refractivity contribution in [1.82, 2.24) is 4.98 Å². The summed E-state index contributed by atoms with van der Waals surface area (Å²) < 4.78 is 0.931. The van der Waals surface area contributed by atoms with Crippen LogP contribution in [0.2, 0.25) is 0 Å². The molecule has 1 aliphatic rings. The maximum Gasteiger partial charge on any atom is 0.249 e. The summed E-state index contributed by atoms with van der Waals surface area (Å²) in [5, 5.41) is 10.2. The minimum atomic E-state index is -1.52. The zero-order valence-corrected chi connectivity index (χ0v) is 11.2. The molecule has 2 atom stereocenters. The van der Waals surface area contributed by atoms with E-state index in [1.54, 1.807) is 12.4 Å². The van der Waals surface area contributed by atoms with Crippen molar-refractivity contribution < 1.29 is 9.90 Å². The molecule has 5 heteroatoms. The Morgan fingerprint density at radius 1 is 1.65 bits per heavy atom. The number of amides is 1. The number of fused-ring (bicyclic) bond motifs is 1. The molecule has 0 spiro atoms. The summed E-state index contributed by atoms with van der Waals surface area (Å²) in [6.07, 6.45) is 6.08. The van der Waals surface area contributed by atoms with Crippen LogP contribution in [0.3, 0.4) is 0 Å². The monoisotopic (exact) mass is 298 g/mol. The molecule has 17 heavy (non-hydrogen) atoms. The third-order valence-corrected chi connectivity index (χ3v) is 4.19. The average molecular weight is 299 g/mol. The molecule has 0 aliphatic heterocycles. The van der Waals surface area contributed by atoms with Crippen molar-refractivity contribution in [3.05, 3.63) is 28.0 Å². The van der Waals surface area contributed by atoms with Crippen molar-refractivity contribution in [3.8, 4) is 0 Å². The van der Waals surface area contributed by atoms with Crippen LogP contribution in [-0.2, 0) is 11.2 Å². The smallest absolute Gasteiger partial charge is 0.249 e. The number of carbonyl (C=O) groups excluding carboxylic acids is 1. The lowest BCUT2D eigenvalue weighted by molar-refractivity contribution is -0.137. The lowest BCUT2D eigenvalue weighted by Gasteiger charge is -2.34. The maximum absolute atomic E-state index is 11.4. The number of nitrogens with two attached hydrogens (primary N) is 1. The van der Waals surface area contributed by atoms with Crippen LogP contribution in [0.5, 0.6) is 0 Å². The Labute approximate surface area is 108 Å². The van der Waals surface area contributed by atoms with Crippen LogP contribution in [0.25, 0.3) is 0 Å². The lowest BCUT2D eigenvalue weighted by atomic mass is 9.74. The Hall–Kier alpha value is -0.940. The van der Waals surface area contributed by atoms with Crippen molar-refractivity contribution in [2.24, 2.45) is 5.73 Å². The molecule has 2 rings (SSSR count). The summed E-state index contributed by atoms with van der Waals surface area (Å²) in [7, 11) is 0. The molecule has 2 unspecified atom stereocenters.